The zero-order valence-corrected chi connectivity index (χ0v) is 9.44. The number of hydrogen-bond donors (Lipinski definition) is 0. The molecule has 0 amide bonds. The summed E-state index contributed by atoms with van der Waals surface area (Å²) in [6.07, 6.45) is 4.37. The van der Waals surface area contributed by atoms with Crippen molar-refractivity contribution in [3.63, 3.8) is 0 Å². The van der Waals surface area contributed by atoms with Gasteiger partial charge >= 0.3 is 0 Å². The molecule has 0 fully saturated rings. The zero-order chi connectivity index (χ0) is 9.83. The molecule has 0 N–H and O–H groups in total. The topological polar surface area (TPSA) is 12.4 Å². The molecular weight excluding hydrogens is 146 g/mol. The second-order valence-electron chi connectivity index (χ2n) is 5.58. The lowest BCUT2D eigenvalue weighted by Crippen LogP contribution is -2.10. The van der Waals surface area contributed by atoms with Crippen LogP contribution in [0, 0.1) is 5.41 Å². The fourth-order valence-corrected chi connectivity index (χ4v) is 0.836. The van der Waals surface area contributed by atoms with E-state index in [0.717, 1.165) is 6.42 Å². The molecule has 0 rings (SSSR count). The number of hydrogen-bond acceptors (Lipinski definition) is 1. The van der Waals surface area contributed by atoms with Gasteiger partial charge in [-0.1, -0.05) is 20.8 Å². The maximum atomic E-state index is 4.43. The molecule has 1 heteroatoms. The van der Waals surface area contributed by atoms with Gasteiger partial charge in [-0.25, -0.2) is 0 Å². The third-order valence-corrected chi connectivity index (χ3v) is 1.50. The van der Waals surface area contributed by atoms with Crippen LogP contribution in [-0.2, 0) is 0 Å². The fraction of sp³-hybridized carbons (Fsp3) is 0.909. The van der Waals surface area contributed by atoms with E-state index >= 15 is 0 Å². The molecular formula is C11H23N. The predicted octanol–water partition coefficient (Wildman–Crippen LogP) is 3.68. The Kier molecular flexibility index (Phi) is 3.95. The molecule has 0 saturated heterocycles. The minimum Gasteiger partial charge on any atom is -0.292 e. The first-order valence-electron chi connectivity index (χ1n) is 4.74. The van der Waals surface area contributed by atoms with Crippen LogP contribution >= 0.6 is 0 Å². The lowest BCUT2D eigenvalue weighted by atomic mass is 9.91. The van der Waals surface area contributed by atoms with Crippen LogP contribution in [0.15, 0.2) is 4.99 Å². The van der Waals surface area contributed by atoms with Crippen molar-refractivity contribution in [2.24, 2.45) is 10.4 Å². The van der Waals surface area contributed by atoms with Crippen LogP contribution in [0.2, 0.25) is 0 Å². The second kappa shape index (κ2) is 4.06. The summed E-state index contributed by atoms with van der Waals surface area (Å²) in [5, 5.41) is 0. The van der Waals surface area contributed by atoms with Gasteiger partial charge in [-0.15, -0.1) is 0 Å². The van der Waals surface area contributed by atoms with E-state index < -0.39 is 0 Å². The molecule has 0 aromatic carbocycles. The minimum atomic E-state index is 0.0951. The second-order valence-corrected chi connectivity index (χ2v) is 5.58. The van der Waals surface area contributed by atoms with Crippen LogP contribution in [0.1, 0.15) is 54.4 Å². The Morgan fingerprint density at radius 3 is 1.83 bits per heavy atom. The molecule has 0 radical (unpaired) electrons. The Bertz CT molecular complexity index is 143. The quantitative estimate of drug-likeness (QED) is 0.559. The summed E-state index contributed by atoms with van der Waals surface area (Å²) in [6.45, 7) is 13.2. The Labute approximate surface area is 77.3 Å². The Hall–Kier alpha value is -0.330. The Balaban J connectivity index is 3.64. The third kappa shape index (κ3) is 9.67. The molecule has 0 aromatic heterocycles. The molecule has 72 valence electrons. The summed E-state index contributed by atoms with van der Waals surface area (Å²) in [5.74, 6) is 0. The summed E-state index contributed by atoms with van der Waals surface area (Å²) < 4.78 is 0. The van der Waals surface area contributed by atoms with E-state index in [-0.39, 0.29) is 5.54 Å². The first-order chi connectivity index (χ1) is 5.21. The summed E-state index contributed by atoms with van der Waals surface area (Å²) in [7, 11) is 0. The molecule has 0 aliphatic heterocycles. The highest BCUT2D eigenvalue weighted by Gasteiger charge is 2.09. The van der Waals surface area contributed by atoms with E-state index in [4.69, 9.17) is 0 Å². The standard InChI is InChI=1S/C11H23N/c1-10(2,3)8-7-9-12-11(4,5)6/h9H,7-8H2,1-6H3. The van der Waals surface area contributed by atoms with Crippen molar-refractivity contribution in [3.8, 4) is 0 Å². The normalized spacial score (nSPS) is 14.2. The van der Waals surface area contributed by atoms with E-state index in [1.807, 2.05) is 0 Å². The van der Waals surface area contributed by atoms with Crippen molar-refractivity contribution >= 4 is 6.21 Å². The van der Waals surface area contributed by atoms with Crippen molar-refractivity contribution in [2.75, 3.05) is 0 Å². The highest BCUT2D eigenvalue weighted by atomic mass is 14.8. The Morgan fingerprint density at radius 1 is 1.00 bits per heavy atom. The molecule has 0 saturated carbocycles. The van der Waals surface area contributed by atoms with Gasteiger partial charge in [0, 0.05) is 0 Å². The van der Waals surface area contributed by atoms with Gasteiger partial charge in [0.25, 0.3) is 0 Å². The zero-order valence-electron chi connectivity index (χ0n) is 9.44. The van der Waals surface area contributed by atoms with Crippen LogP contribution in [0.4, 0.5) is 0 Å². The van der Waals surface area contributed by atoms with E-state index in [1.165, 1.54) is 6.42 Å². The van der Waals surface area contributed by atoms with Gasteiger partial charge < -0.3 is 0 Å². The lowest BCUT2D eigenvalue weighted by molar-refractivity contribution is 0.387. The van der Waals surface area contributed by atoms with Crippen LogP contribution in [0.3, 0.4) is 0 Å². The van der Waals surface area contributed by atoms with Gasteiger partial charge in [0.15, 0.2) is 0 Å². The van der Waals surface area contributed by atoms with Gasteiger partial charge in [0.05, 0.1) is 5.54 Å². The predicted molar refractivity (Wildman–Crippen MR) is 56.9 cm³/mol. The van der Waals surface area contributed by atoms with Gasteiger partial charge in [0.1, 0.15) is 0 Å². The lowest BCUT2D eigenvalue weighted by Gasteiger charge is -2.17. The molecule has 0 bridgehead atoms. The molecule has 0 spiro atoms. The maximum Gasteiger partial charge on any atom is 0.0520 e. The van der Waals surface area contributed by atoms with Gasteiger partial charge in [-0.2, -0.15) is 0 Å². The minimum absolute atomic E-state index is 0.0951. The average Bonchev–Trinajstić information content (AvgIpc) is 1.76. The van der Waals surface area contributed by atoms with Crippen LogP contribution < -0.4 is 0 Å². The molecule has 0 unspecified atom stereocenters. The van der Waals surface area contributed by atoms with Crippen LogP contribution in [-0.4, -0.2) is 11.8 Å². The van der Waals surface area contributed by atoms with Gasteiger partial charge in [0.2, 0.25) is 0 Å². The van der Waals surface area contributed by atoms with Gasteiger partial charge in [-0.05, 0) is 45.2 Å². The first kappa shape index (κ1) is 11.7. The summed E-state index contributed by atoms with van der Waals surface area (Å²) in [6, 6.07) is 0. The van der Waals surface area contributed by atoms with Crippen molar-refractivity contribution in [1.82, 2.24) is 0 Å². The smallest absolute Gasteiger partial charge is 0.0520 e. The van der Waals surface area contributed by atoms with Gasteiger partial charge in [-0.3, -0.25) is 4.99 Å². The summed E-state index contributed by atoms with van der Waals surface area (Å²) in [5.41, 5.74) is 0.530. The molecule has 1 nitrogen and oxygen atoms in total. The molecule has 0 atom stereocenters. The largest absolute Gasteiger partial charge is 0.292 e. The van der Waals surface area contributed by atoms with E-state index in [1.54, 1.807) is 0 Å². The molecule has 0 aromatic rings. The molecule has 12 heavy (non-hydrogen) atoms. The monoisotopic (exact) mass is 169 g/mol. The van der Waals surface area contributed by atoms with E-state index in [2.05, 4.69) is 52.7 Å². The maximum absolute atomic E-state index is 4.43. The number of aliphatic imine (C=N–C) groups is 1. The first-order valence-corrected chi connectivity index (χ1v) is 4.74. The highest BCUT2D eigenvalue weighted by Crippen LogP contribution is 2.19. The molecule has 0 heterocycles. The van der Waals surface area contributed by atoms with Crippen molar-refractivity contribution in [3.05, 3.63) is 0 Å². The fourth-order valence-electron chi connectivity index (χ4n) is 0.836. The summed E-state index contributed by atoms with van der Waals surface area (Å²) >= 11 is 0. The number of rotatable bonds is 2. The number of nitrogens with zero attached hydrogens (tertiary/aromatic N) is 1. The summed E-state index contributed by atoms with van der Waals surface area (Å²) in [4.78, 5) is 4.43. The van der Waals surface area contributed by atoms with E-state index in [9.17, 15) is 0 Å². The van der Waals surface area contributed by atoms with Crippen molar-refractivity contribution in [2.45, 2.75) is 59.9 Å². The molecule has 0 aliphatic rings. The van der Waals surface area contributed by atoms with Crippen molar-refractivity contribution < 1.29 is 0 Å². The third-order valence-electron chi connectivity index (χ3n) is 1.50. The van der Waals surface area contributed by atoms with E-state index in [0.29, 0.717) is 5.41 Å². The average molecular weight is 169 g/mol. The van der Waals surface area contributed by atoms with Crippen LogP contribution in [0.25, 0.3) is 0 Å². The SMILES string of the molecule is CC(C)(C)CCC=NC(C)(C)C. The Morgan fingerprint density at radius 2 is 1.50 bits per heavy atom. The van der Waals surface area contributed by atoms with Crippen molar-refractivity contribution in [1.29, 1.82) is 0 Å². The molecule has 0 aliphatic carbocycles. The van der Waals surface area contributed by atoms with Crippen LogP contribution in [0.5, 0.6) is 0 Å². The highest BCUT2D eigenvalue weighted by molar-refractivity contribution is 5.57.